The number of aromatic nitrogens is 1. The predicted octanol–water partition coefficient (Wildman–Crippen LogP) is 1.95. The molecule has 1 rings (SSSR count). The van der Waals surface area contributed by atoms with E-state index in [1.54, 1.807) is 24.7 Å². The maximum Gasteiger partial charge on any atom is 0.0689 e. The van der Waals surface area contributed by atoms with Gasteiger partial charge in [-0.25, -0.2) is 0 Å². The van der Waals surface area contributed by atoms with E-state index in [1.165, 1.54) is 0 Å². The monoisotopic (exact) mass is 175 g/mol. The second-order valence-corrected chi connectivity index (χ2v) is 2.85. The molecule has 0 spiro atoms. The Kier molecular flexibility index (Phi) is 3.20. The van der Waals surface area contributed by atoms with Gasteiger partial charge >= 0.3 is 0 Å². The number of aryl methyl sites for hydroxylation is 1. The van der Waals surface area contributed by atoms with Gasteiger partial charge in [-0.1, -0.05) is 0 Å². The van der Waals surface area contributed by atoms with Crippen molar-refractivity contribution in [3.8, 4) is 0 Å². The molecule has 0 amide bonds. The molecular formula is C10H13N3. The smallest absolute Gasteiger partial charge is 0.0689 e. The van der Waals surface area contributed by atoms with Crippen LogP contribution in [0.25, 0.3) is 0 Å². The minimum atomic E-state index is 0.746. The number of allylic oxidation sites excluding steroid dienone is 2. The van der Waals surface area contributed by atoms with Crippen LogP contribution in [0.4, 0.5) is 5.69 Å². The van der Waals surface area contributed by atoms with Gasteiger partial charge in [0.05, 0.1) is 5.69 Å². The highest BCUT2D eigenvalue weighted by atomic mass is 14.7. The van der Waals surface area contributed by atoms with Gasteiger partial charge in [0, 0.05) is 24.3 Å². The average Bonchev–Trinajstić information content (AvgIpc) is 2.08. The van der Waals surface area contributed by atoms with Gasteiger partial charge in [-0.15, -0.1) is 0 Å². The number of nitrogens with two attached hydrogens (primary N) is 1. The molecule has 0 aliphatic rings. The lowest BCUT2D eigenvalue weighted by atomic mass is 10.3. The lowest BCUT2D eigenvalue weighted by Crippen LogP contribution is -1.89. The molecule has 0 radical (unpaired) electrons. The highest BCUT2D eigenvalue weighted by Crippen LogP contribution is 2.14. The minimum absolute atomic E-state index is 0.746. The fourth-order valence-electron chi connectivity index (χ4n) is 0.846. The third-order valence-corrected chi connectivity index (χ3v) is 1.54. The molecule has 0 bridgehead atoms. The Labute approximate surface area is 78.0 Å². The summed E-state index contributed by atoms with van der Waals surface area (Å²) in [5.41, 5.74) is 8.18. The van der Waals surface area contributed by atoms with Crippen molar-refractivity contribution in [2.75, 3.05) is 0 Å². The third kappa shape index (κ3) is 3.07. The molecule has 3 nitrogen and oxygen atoms in total. The van der Waals surface area contributed by atoms with Crippen LogP contribution in [0.5, 0.6) is 0 Å². The van der Waals surface area contributed by atoms with E-state index < -0.39 is 0 Å². The van der Waals surface area contributed by atoms with Crippen molar-refractivity contribution in [2.45, 2.75) is 13.8 Å². The molecule has 0 unspecified atom stereocenters. The predicted molar refractivity (Wildman–Crippen MR) is 55.1 cm³/mol. The van der Waals surface area contributed by atoms with E-state index in [1.807, 2.05) is 19.9 Å². The quantitative estimate of drug-likeness (QED) is 0.698. The van der Waals surface area contributed by atoms with E-state index in [9.17, 15) is 0 Å². The summed E-state index contributed by atoms with van der Waals surface area (Å²) in [6.45, 7) is 3.80. The van der Waals surface area contributed by atoms with E-state index in [0.29, 0.717) is 0 Å². The zero-order valence-corrected chi connectivity index (χ0v) is 7.86. The molecule has 13 heavy (non-hydrogen) atoms. The molecule has 0 saturated heterocycles. The van der Waals surface area contributed by atoms with Crippen LogP contribution < -0.4 is 5.73 Å². The van der Waals surface area contributed by atoms with Gasteiger partial charge in [0.15, 0.2) is 0 Å². The maximum absolute atomic E-state index is 5.45. The number of hydrogen-bond donors (Lipinski definition) is 1. The zero-order valence-electron chi connectivity index (χ0n) is 7.86. The number of rotatable bonds is 2. The van der Waals surface area contributed by atoms with Crippen LogP contribution in [0, 0.1) is 6.92 Å². The molecule has 1 heterocycles. The lowest BCUT2D eigenvalue weighted by molar-refractivity contribution is 1.25. The summed E-state index contributed by atoms with van der Waals surface area (Å²) in [6.07, 6.45) is 6.96. The first-order chi connectivity index (χ1) is 6.20. The number of pyridine rings is 1. The van der Waals surface area contributed by atoms with Crippen LogP contribution in [0.3, 0.4) is 0 Å². The molecule has 2 N–H and O–H groups in total. The van der Waals surface area contributed by atoms with Crippen LogP contribution in [-0.4, -0.2) is 11.2 Å². The lowest BCUT2D eigenvalue weighted by Gasteiger charge is -1.95. The zero-order chi connectivity index (χ0) is 9.68. The summed E-state index contributed by atoms with van der Waals surface area (Å²) in [5, 5.41) is 0. The summed E-state index contributed by atoms with van der Waals surface area (Å²) >= 11 is 0. The Bertz CT molecular complexity index is 336. The molecule has 1 aromatic rings. The first kappa shape index (κ1) is 9.45. The second kappa shape index (κ2) is 4.40. The van der Waals surface area contributed by atoms with Crippen molar-refractivity contribution in [3.05, 3.63) is 35.8 Å². The van der Waals surface area contributed by atoms with Gasteiger partial charge in [-0.05, 0) is 31.6 Å². The second-order valence-electron chi connectivity index (χ2n) is 2.85. The van der Waals surface area contributed by atoms with Crippen molar-refractivity contribution < 1.29 is 0 Å². The van der Waals surface area contributed by atoms with E-state index in [2.05, 4.69) is 9.98 Å². The van der Waals surface area contributed by atoms with Crippen molar-refractivity contribution in [1.29, 1.82) is 0 Å². The summed E-state index contributed by atoms with van der Waals surface area (Å²) in [4.78, 5) is 8.20. The number of hydrogen-bond acceptors (Lipinski definition) is 3. The number of nitrogens with zero attached hydrogens (tertiary/aromatic N) is 2. The maximum atomic E-state index is 5.45. The Morgan fingerprint density at radius 3 is 3.00 bits per heavy atom. The standard InChI is InChI=1S/C10H13N3/c1-8-7-12-5-4-10(8)13-6-3-9(2)11/h3-7H,11H2,1-2H3. The molecule has 3 heteroatoms. The minimum Gasteiger partial charge on any atom is -0.402 e. The van der Waals surface area contributed by atoms with Crippen LogP contribution >= 0.6 is 0 Å². The molecule has 0 saturated carbocycles. The molecule has 0 fully saturated rings. The first-order valence-corrected chi connectivity index (χ1v) is 4.07. The van der Waals surface area contributed by atoms with Gasteiger partial charge in [-0.2, -0.15) is 0 Å². The Morgan fingerprint density at radius 2 is 2.38 bits per heavy atom. The van der Waals surface area contributed by atoms with Gasteiger partial charge in [-0.3, -0.25) is 9.98 Å². The van der Waals surface area contributed by atoms with Crippen molar-refractivity contribution >= 4 is 11.9 Å². The van der Waals surface area contributed by atoms with Crippen LogP contribution in [0.15, 0.2) is 35.2 Å². The van der Waals surface area contributed by atoms with Gasteiger partial charge < -0.3 is 5.73 Å². The third-order valence-electron chi connectivity index (χ3n) is 1.54. The van der Waals surface area contributed by atoms with E-state index in [0.717, 1.165) is 16.9 Å². The SMILES string of the molecule is CC(N)=CC=Nc1ccncc1C. The van der Waals surface area contributed by atoms with Gasteiger partial charge in [0.25, 0.3) is 0 Å². The van der Waals surface area contributed by atoms with Crippen LogP contribution in [0.1, 0.15) is 12.5 Å². The largest absolute Gasteiger partial charge is 0.402 e. The molecular weight excluding hydrogens is 162 g/mol. The van der Waals surface area contributed by atoms with Crippen LogP contribution in [0.2, 0.25) is 0 Å². The fraction of sp³-hybridized carbons (Fsp3) is 0.200. The normalized spacial score (nSPS) is 12.3. The van der Waals surface area contributed by atoms with Gasteiger partial charge in [0.2, 0.25) is 0 Å². The van der Waals surface area contributed by atoms with Crippen molar-refractivity contribution in [1.82, 2.24) is 4.98 Å². The fourth-order valence-corrected chi connectivity index (χ4v) is 0.846. The van der Waals surface area contributed by atoms with E-state index in [4.69, 9.17) is 5.73 Å². The molecule has 0 atom stereocenters. The number of aliphatic imine (C=N–C) groups is 1. The molecule has 0 aliphatic heterocycles. The molecule has 0 aromatic carbocycles. The average molecular weight is 175 g/mol. The van der Waals surface area contributed by atoms with Crippen LogP contribution in [-0.2, 0) is 0 Å². The Balaban J connectivity index is 2.80. The van der Waals surface area contributed by atoms with Crippen molar-refractivity contribution in [3.63, 3.8) is 0 Å². The first-order valence-electron chi connectivity index (χ1n) is 4.07. The summed E-state index contributed by atoms with van der Waals surface area (Å²) < 4.78 is 0. The van der Waals surface area contributed by atoms with Gasteiger partial charge in [0.1, 0.15) is 0 Å². The summed E-state index contributed by atoms with van der Waals surface area (Å²) in [6, 6.07) is 1.87. The molecule has 1 aromatic heterocycles. The highest BCUT2D eigenvalue weighted by molar-refractivity contribution is 5.75. The topological polar surface area (TPSA) is 51.3 Å². The summed E-state index contributed by atoms with van der Waals surface area (Å²) in [7, 11) is 0. The Hall–Kier alpha value is -1.64. The Morgan fingerprint density at radius 1 is 1.62 bits per heavy atom. The summed E-state index contributed by atoms with van der Waals surface area (Å²) in [5.74, 6) is 0. The van der Waals surface area contributed by atoms with E-state index >= 15 is 0 Å². The molecule has 68 valence electrons. The van der Waals surface area contributed by atoms with E-state index in [-0.39, 0.29) is 0 Å². The molecule has 0 aliphatic carbocycles. The highest BCUT2D eigenvalue weighted by Gasteiger charge is 1.91. The van der Waals surface area contributed by atoms with Crippen molar-refractivity contribution in [2.24, 2.45) is 10.7 Å².